The summed E-state index contributed by atoms with van der Waals surface area (Å²) in [7, 11) is 1.68. The Balaban J connectivity index is 1.98. The Morgan fingerprint density at radius 3 is 3.20 bits per heavy atom. The fourth-order valence-corrected chi connectivity index (χ4v) is 2.31. The molecule has 0 radical (unpaired) electrons. The van der Waals surface area contributed by atoms with Crippen LogP contribution >= 0.6 is 22.9 Å². The van der Waals surface area contributed by atoms with Crippen molar-refractivity contribution in [1.29, 1.82) is 0 Å². The number of nitrogens with zero attached hydrogens (tertiary/aromatic N) is 2. The third-order valence-corrected chi connectivity index (χ3v) is 3.14. The van der Waals surface area contributed by atoms with Gasteiger partial charge in [-0.3, -0.25) is 0 Å². The van der Waals surface area contributed by atoms with Gasteiger partial charge in [0.1, 0.15) is 0 Å². The van der Waals surface area contributed by atoms with Crippen LogP contribution in [0.25, 0.3) is 11.4 Å². The molecule has 80 valence electrons. The van der Waals surface area contributed by atoms with Gasteiger partial charge in [-0.2, -0.15) is 20.7 Å². The molecule has 4 nitrogen and oxygen atoms in total. The lowest BCUT2D eigenvalue weighted by Crippen LogP contribution is -2.06. The normalized spacial score (nSPS) is 10.5. The van der Waals surface area contributed by atoms with Gasteiger partial charge in [0, 0.05) is 36.1 Å². The van der Waals surface area contributed by atoms with Gasteiger partial charge >= 0.3 is 0 Å². The molecule has 0 saturated carbocycles. The first-order chi connectivity index (χ1) is 7.40. The number of aromatic nitrogens is 2. The second-order valence-corrected chi connectivity index (χ2v) is 4.39. The van der Waals surface area contributed by atoms with Crippen LogP contribution in [0.4, 0.5) is 5.13 Å². The van der Waals surface area contributed by atoms with E-state index in [-0.39, 0.29) is 0 Å². The third kappa shape index (κ3) is 2.74. The van der Waals surface area contributed by atoms with E-state index >= 15 is 0 Å². The molecule has 0 saturated heterocycles. The molecule has 2 aromatic heterocycles. The monoisotopic (exact) mass is 241 g/mol. The van der Waals surface area contributed by atoms with Crippen molar-refractivity contribution in [1.82, 2.24) is 9.36 Å². The minimum atomic E-state index is 0.674. The van der Waals surface area contributed by atoms with Gasteiger partial charge in [-0.1, -0.05) is 0 Å². The van der Waals surface area contributed by atoms with Crippen molar-refractivity contribution in [2.45, 2.75) is 0 Å². The Labute approximate surface area is 96.1 Å². The summed E-state index contributed by atoms with van der Waals surface area (Å²) in [6, 6.07) is 2.02. The second-order valence-electron chi connectivity index (χ2n) is 2.85. The summed E-state index contributed by atoms with van der Waals surface area (Å²) < 4.78 is 9.21. The number of thiophene rings is 1. The smallest absolute Gasteiger partial charge is 0.202 e. The van der Waals surface area contributed by atoms with Crippen molar-refractivity contribution in [3.63, 3.8) is 0 Å². The Hall–Kier alpha value is -0.980. The van der Waals surface area contributed by atoms with E-state index in [1.165, 1.54) is 11.5 Å². The van der Waals surface area contributed by atoms with E-state index in [0.29, 0.717) is 6.61 Å². The lowest BCUT2D eigenvalue weighted by Gasteiger charge is -1.98. The Morgan fingerprint density at radius 1 is 1.53 bits per heavy atom. The molecule has 1 N–H and O–H groups in total. The van der Waals surface area contributed by atoms with Gasteiger partial charge in [0.2, 0.25) is 5.13 Å². The van der Waals surface area contributed by atoms with Crippen molar-refractivity contribution < 1.29 is 4.74 Å². The molecule has 2 rings (SSSR count). The molecule has 0 unspecified atom stereocenters. The fourth-order valence-electron chi connectivity index (χ4n) is 1.06. The molecule has 0 spiro atoms. The van der Waals surface area contributed by atoms with E-state index in [9.17, 15) is 0 Å². The standard InChI is InChI=1S/C9H11N3OS2/c1-13-4-3-10-9-11-8(12-15-9)7-2-5-14-6-7/h2,5-6H,3-4H2,1H3,(H,10,11,12). The highest BCUT2D eigenvalue weighted by Crippen LogP contribution is 2.22. The molecular weight excluding hydrogens is 230 g/mol. The molecule has 6 heteroatoms. The van der Waals surface area contributed by atoms with Crippen LogP contribution in [0.1, 0.15) is 0 Å². The van der Waals surface area contributed by atoms with E-state index in [1.54, 1.807) is 18.4 Å². The summed E-state index contributed by atoms with van der Waals surface area (Å²) >= 11 is 3.02. The number of anilines is 1. The van der Waals surface area contributed by atoms with Crippen molar-refractivity contribution in [2.24, 2.45) is 0 Å². The van der Waals surface area contributed by atoms with Crippen molar-refractivity contribution in [3.05, 3.63) is 16.8 Å². The molecule has 0 aliphatic rings. The SMILES string of the molecule is COCCNc1nc(-c2ccsc2)ns1. The van der Waals surface area contributed by atoms with Crippen LogP contribution in [0.5, 0.6) is 0 Å². The number of nitrogens with one attached hydrogen (secondary N) is 1. The van der Waals surface area contributed by atoms with Gasteiger partial charge in [0.05, 0.1) is 6.61 Å². The maximum Gasteiger partial charge on any atom is 0.202 e. The highest BCUT2D eigenvalue weighted by atomic mass is 32.1. The van der Waals surface area contributed by atoms with Gasteiger partial charge in [0.25, 0.3) is 0 Å². The van der Waals surface area contributed by atoms with Crippen LogP contribution in [0.2, 0.25) is 0 Å². The largest absolute Gasteiger partial charge is 0.383 e. The number of hydrogen-bond acceptors (Lipinski definition) is 6. The van der Waals surface area contributed by atoms with Crippen molar-refractivity contribution in [3.8, 4) is 11.4 Å². The predicted molar refractivity (Wildman–Crippen MR) is 63.6 cm³/mol. The molecule has 0 aliphatic carbocycles. The zero-order valence-electron chi connectivity index (χ0n) is 8.27. The van der Waals surface area contributed by atoms with E-state index in [1.807, 2.05) is 16.8 Å². The minimum absolute atomic E-state index is 0.674. The Morgan fingerprint density at radius 2 is 2.47 bits per heavy atom. The molecule has 2 heterocycles. The van der Waals surface area contributed by atoms with E-state index in [0.717, 1.165) is 23.1 Å². The minimum Gasteiger partial charge on any atom is -0.383 e. The lowest BCUT2D eigenvalue weighted by molar-refractivity contribution is 0.211. The summed E-state index contributed by atoms with van der Waals surface area (Å²) in [6.45, 7) is 1.43. The topological polar surface area (TPSA) is 47.0 Å². The van der Waals surface area contributed by atoms with Gasteiger partial charge in [-0.25, -0.2) is 0 Å². The first-order valence-corrected chi connectivity index (χ1v) is 6.21. The summed E-state index contributed by atoms with van der Waals surface area (Å²) in [5, 5.41) is 8.06. The van der Waals surface area contributed by atoms with Crippen molar-refractivity contribution >= 4 is 28.0 Å². The molecule has 0 amide bonds. The lowest BCUT2D eigenvalue weighted by atomic mass is 10.3. The van der Waals surface area contributed by atoms with E-state index in [4.69, 9.17) is 4.74 Å². The second kappa shape index (κ2) is 5.20. The summed E-state index contributed by atoms with van der Waals surface area (Å²) in [5.41, 5.74) is 1.08. The summed E-state index contributed by atoms with van der Waals surface area (Å²) in [4.78, 5) is 4.37. The molecule has 2 aromatic rings. The summed E-state index contributed by atoms with van der Waals surface area (Å²) in [6.07, 6.45) is 0. The van der Waals surface area contributed by atoms with Crippen LogP contribution in [0.3, 0.4) is 0 Å². The van der Waals surface area contributed by atoms with Gasteiger partial charge in [-0.05, 0) is 11.4 Å². The number of hydrogen-bond donors (Lipinski definition) is 1. The highest BCUT2D eigenvalue weighted by molar-refractivity contribution is 7.10. The van der Waals surface area contributed by atoms with Gasteiger partial charge in [0.15, 0.2) is 5.82 Å². The number of ether oxygens (including phenoxy) is 1. The van der Waals surface area contributed by atoms with Gasteiger partial charge in [-0.15, -0.1) is 0 Å². The zero-order valence-corrected chi connectivity index (χ0v) is 9.90. The molecule has 0 atom stereocenters. The third-order valence-electron chi connectivity index (χ3n) is 1.79. The van der Waals surface area contributed by atoms with Crippen LogP contribution < -0.4 is 5.32 Å². The van der Waals surface area contributed by atoms with Crippen LogP contribution in [0, 0.1) is 0 Å². The predicted octanol–water partition coefficient (Wildman–Crippen LogP) is 2.32. The Kier molecular flexibility index (Phi) is 3.65. The van der Waals surface area contributed by atoms with E-state index < -0.39 is 0 Å². The van der Waals surface area contributed by atoms with Gasteiger partial charge < -0.3 is 10.1 Å². The number of rotatable bonds is 5. The molecule has 0 fully saturated rings. The molecule has 0 aromatic carbocycles. The first-order valence-electron chi connectivity index (χ1n) is 4.49. The average Bonchev–Trinajstić information content (AvgIpc) is 2.87. The maximum absolute atomic E-state index is 4.94. The zero-order chi connectivity index (χ0) is 10.5. The van der Waals surface area contributed by atoms with Crippen molar-refractivity contribution in [2.75, 3.05) is 25.6 Å². The van der Waals surface area contributed by atoms with Crippen LogP contribution in [-0.2, 0) is 4.74 Å². The molecule has 0 aliphatic heterocycles. The van der Waals surface area contributed by atoms with Crippen LogP contribution in [-0.4, -0.2) is 29.6 Å². The molecule has 0 bridgehead atoms. The summed E-state index contributed by atoms with van der Waals surface area (Å²) in [5.74, 6) is 0.793. The first kappa shape index (κ1) is 10.5. The molecular formula is C9H11N3OS2. The maximum atomic E-state index is 4.94. The molecule has 15 heavy (non-hydrogen) atoms. The van der Waals surface area contributed by atoms with E-state index in [2.05, 4.69) is 14.7 Å². The average molecular weight is 241 g/mol. The quantitative estimate of drug-likeness (QED) is 0.816. The fraction of sp³-hybridized carbons (Fsp3) is 0.333. The van der Waals surface area contributed by atoms with Crippen LogP contribution in [0.15, 0.2) is 16.8 Å². The number of methoxy groups -OCH3 is 1. The Bertz CT molecular complexity index is 399. The highest BCUT2D eigenvalue weighted by Gasteiger charge is 2.05.